The van der Waals surface area contributed by atoms with E-state index in [1.54, 1.807) is 7.11 Å². The fourth-order valence-corrected chi connectivity index (χ4v) is 2.51. The third kappa shape index (κ3) is 2.91. The molecular weight excluding hydrogens is 192 g/mol. The fourth-order valence-electron chi connectivity index (χ4n) is 2.51. The van der Waals surface area contributed by atoms with Gasteiger partial charge in [-0.1, -0.05) is 0 Å². The van der Waals surface area contributed by atoms with E-state index in [1.807, 2.05) is 0 Å². The highest BCUT2D eigenvalue weighted by molar-refractivity contribution is 4.91. The van der Waals surface area contributed by atoms with Gasteiger partial charge in [-0.15, -0.1) is 0 Å². The molecule has 2 N–H and O–H groups in total. The molecule has 0 aromatic rings. The van der Waals surface area contributed by atoms with E-state index in [4.69, 9.17) is 15.2 Å². The van der Waals surface area contributed by atoms with Crippen molar-refractivity contribution in [3.63, 3.8) is 0 Å². The molecule has 88 valence electrons. The normalized spacial score (nSPS) is 32.0. The molecule has 2 heterocycles. The molecule has 0 spiro atoms. The summed E-state index contributed by atoms with van der Waals surface area (Å²) < 4.78 is 10.7. The standard InChI is InChI=1S/C11H22N2O2/c1-14-10-2-5-13(8-10)9-11(12)3-6-15-7-4-11/h10H,2-9,12H2,1H3. The summed E-state index contributed by atoms with van der Waals surface area (Å²) in [4.78, 5) is 2.43. The predicted octanol–water partition coefficient (Wildman–Crippen LogP) is 0.215. The summed E-state index contributed by atoms with van der Waals surface area (Å²) >= 11 is 0. The maximum absolute atomic E-state index is 6.36. The van der Waals surface area contributed by atoms with Gasteiger partial charge >= 0.3 is 0 Å². The molecule has 0 saturated carbocycles. The Morgan fingerprint density at radius 2 is 2.20 bits per heavy atom. The minimum Gasteiger partial charge on any atom is -0.381 e. The van der Waals surface area contributed by atoms with E-state index >= 15 is 0 Å². The fraction of sp³-hybridized carbons (Fsp3) is 1.00. The Balaban J connectivity index is 1.80. The van der Waals surface area contributed by atoms with Crippen molar-refractivity contribution < 1.29 is 9.47 Å². The Morgan fingerprint density at radius 3 is 2.80 bits per heavy atom. The topological polar surface area (TPSA) is 47.7 Å². The van der Waals surface area contributed by atoms with Crippen LogP contribution in [0, 0.1) is 0 Å². The highest BCUT2D eigenvalue weighted by atomic mass is 16.5. The van der Waals surface area contributed by atoms with Crippen LogP contribution < -0.4 is 5.73 Å². The molecule has 0 bridgehead atoms. The van der Waals surface area contributed by atoms with Gasteiger partial charge in [0.05, 0.1) is 6.10 Å². The average Bonchev–Trinajstić information content (AvgIpc) is 2.66. The van der Waals surface area contributed by atoms with E-state index < -0.39 is 0 Å². The van der Waals surface area contributed by atoms with Gasteiger partial charge in [0.1, 0.15) is 0 Å². The van der Waals surface area contributed by atoms with Gasteiger partial charge in [0.25, 0.3) is 0 Å². The van der Waals surface area contributed by atoms with Crippen LogP contribution in [0.1, 0.15) is 19.3 Å². The van der Waals surface area contributed by atoms with Crippen molar-refractivity contribution in [2.45, 2.75) is 30.9 Å². The number of methoxy groups -OCH3 is 1. The third-order valence-corrected chi connectivity index (χ3v) is 3.59. The maximum atomic E-state index is 6.36. The van der Waals surface area contributed by atoms with E-state index in [0.29, 0.717) is 6.10 Å². The minimum absolute atomic E-state index is 0.0269. The van der Waals surface area contributed by atoms with Crippen molar-refractivity contribution in [1.29, 1.82) is 0 Å². The quantitative estimate of drug-likeness (QED) is 0.730. The van der Waals surface area contributed by atoms with Crippen molar-refractivity contribution >= 4 is 0 Å². The molecule has 4 nitrogen and oxygen atoms in total. The van der Waals surface area contributed by atoms with Crippen LogP contribution in [-0.2, 0) is 9.47 Å². The van der Waals surface area contributed by atoms with Gasteiger partial charge < -0.3 is 15.2 Å². The van der Waals surface area contributed by atoms with Gasteiger partial charge in [-0.2, -0.15) is 0 Å². The first kappa shape index (κ1) is 11.3. The highest BCUT2D eigenvalue weighted by Gasteiger charge is 2.33. The predicted molar refractivity (Wildman–Crippen MR) is 58.8 cm³/mol. The van der Waals surface area contributed by atoms with Crippen molar-refractivity contribution in [2.24, 2.45) is 5.73 Å². The first-order chi connectivity index (χ1) is 7.22. The van der Waals surface area contributed by atoms with Crippen molar-refractivity contribution in [1.82, 2.24) is 4.90 Å². The number of ether oxygens (including phenoxy) is 2. The number of nitrogens with two attached hydrogens (primary N) is 1. The Morgan fingerprint density at radius 1 is 1.47 bits per heavy atom. The lowest BCUT2D eigenvalue weighted by molar-refractivity contribution is 0.0376. The Hall–Kier alpha value is -0.160. The molecule has 0 aromatic heterocycles. The van der Waals surface area contributed by atoms with E-state index in [-0.39, 0.29) is 5.54 Å². The van der Waals surface area contributed by atoms with E-state index in [9.17, 15) is 0 Å². The van der Waals surface area contributed by atoms with Crippen LogP contribution in [0.4, 0.5) is 0 Å². The second-order valence-corrected chi connectivity index (χ2v) is 4.86. The minimum atomic E-state index is -0.0269. The van der Waals surface area contributed by atoms with Gasteiger partial charge in [0, 0.05) is 45.5 Å². The van der Waals surface area contributed by atoms with Crippen LogP contribution >= 0.6 is 0 Å². The lowest BCUT2D eigenvalue weighted by Crippen LogP contribution is -2.53. The largest absolute Gasteiger partial charge is 0.381 e. The zero-order chi connectivity index (χ0) is 10.7. The second kappa shape index (κ2) is 4.78. The summed E-state index contributed by atoms with van der Waals surface area (Å²) in [5, 5.41) is 0. The molecule has 2 rings (SSSR count). The Labute approximate surface area is 91.7 Å². The van der Waals surface area contributed by atoms with Crippen molar-refractivity contribution in [3.05, 3.63) is 0 Å². The molecule has 2 saturated heterocycles. The van der Waals surface area contributed by atoms with Crippen LogP contribution in [0.15, 0.2) is 0 Å². The molecule has 0 amide bonds. The summed E-state index contributed by atoms with van der Waals surface area (Å²) in [5.74, 6) is 0. The van der Waals surface area contributed by atoms with Gasteiger partial charge in [0.2, 0.25) is 0 Å². The second-order valence-electron chi connectivity index (χ2n) is 4.86. The van der Waals surface area contributed by atoms with Gasteiger partial charge in [-0.3, -0.25) is 4.90 Å². The van der Waals surface area contributed by atoms with Gasteiger partial charge in [0.15, 0.2) is 0 Å². The molecule has 4 heteroatoms. The SMILES string of the molecule is COC1CCN(CC2(N)CCOCC2)C1. The monoisotopic (exact) mass is 214 g/mol. The number of hydrogen-bond donors (Lipinski definition) is 1. The highest BCUT2D eigenvalue weighted by Crippen LogP contribution is 2.22. The zero-order valence-corrected chi connectivity index (χ0v) is 9.58. The van der Waals surface area contributed by atoms with E-state index in [1.165, 1.54) is 0 Å². The maximum Gasteiger partial charge on any atom is 0.0710 e. The molecule has 2 fully saturated rings. The summed E-state index contributed by atoms with van der Waals surface area (Å²) in [6, 6.07) is 0. The van der Waals surface area contributed by atoms with E-state index in [2.05, 4.69) is 4.90 Å². The average molecular weight is 214 g/mol. The number of hydrogen-bond acceptors (Lipinski definition) is 4. The van der Waals surface area contributed by atoms with Crippen molar-refractivity contribution in [2.75, 3.05) is 40.0 Å². The summed E-state index contributed by atoms with van der Waals surface area (Å²) in [7, 11) is 1.79. The van der Waals surface area contributed by atoms with Crippen LogP contribution in [-0.4, -0.2) is 56.5 Å². The first-order valence-corrected chi connectivity index (χ1v) is 5.84. The lowest BCUT2D eigenvalue weighted by atomic mass is 9.91. The molecule has 2 aliphatic heterocycles. The lowest BCUT2D eigenvalue weighted by Gasteiger charge is -2.36. The van der Waals surface area contributed by atoms with Crippen LogP contribution in [0.2, 0.25) is 0 Å². The first-order valence-electron chi connectivity index (χ1n) is 5.84. The molecule has 0 radical (unpaired) electrons. The van der Waals surface area contributed by atoms with Gasteiger partial charge in [-0.25, -0.2) is 0 Å². The van der Waals surface area contributed by atoms with Crippen molar-refractivity contribution in [3.8, 4) is 0 Å². The molecule has 15 heavy (non-hydrogen) atoms. The van der Waals surface area contributed by atoms with Gasteiger partial charge in [-0.05, 0) is 19.3 Å². The smallest absolute Gasteiger partial charge is 0.0710 e. The molecule has 1 unspecified atom stereocenters. The summed E-state index contributed by atoms with van der Waals surface area (Å²) in [5.41, 5.74) is 6.34. The Kier molecular flexibility index (Phi) is 3.61. The Bertz CT molecular complexity index is 205. The van der Waals surface area contributed by atoms with Crippen LogP contribution in [0.5, 0.6) is 0 Å². The molecule has 1 atom stereocenters. The molecular formula is C11H22N2O2. The molecule has 2 aliphatic rings. The third-order valence-electron chi connectivity index (χ3n) is 3.59. The number of nitrogens with zero attached hydrogens (tertiary/aromatic N) is 1. The van der Waals surface area contributed by atoms with Crippen LogP contribution in [0.3, 0.4) is 0 Å². The summed E-state index contributed by atoms with van der Waals surface area (Å²) in [6.07, 6.45) is 3.53. The number of likely N-dealkylation sites (tertiary alicyclic amines) is 1. The van der Waals surface area contributed by atoms with E-state index in [0.717, 1.165) is 52.1 Å². The summed E-state index contributed by atoms with van der Waals surface area (Å²) in [6.45, 7) is 4.79. The van der Waals surface area contributed by atoms with Crippen LogP contribution in [0.25, 0.3) is 0 Å². The number of rotatable bonds is 3. The zero-order valence-electron chi connectivity index (χ0n) is 9.58. The molecule has 0 aliphatic carbocycles. The molecule has 0 aromatic carbocycles.